The third kappa shape index (κ3) is 6.80. The van der Waals surface area contributed by atoms with Gasteiger partial charge in [-0.25, -0.2) is 4.39 Å². The third-order valence-electron chi connectivity index (χ3n) is 5.61. The van der Waals surface area contributed by atoms with Crippen molar-refractivity contribution >= 4 is 17.5 Å². The number of piperazine rings is 1. The number of rotatable bonds is 5. The summed E-state index contributed by atoms with van der Waals surface area (Å²) >= 11 is 6.09. The smallest absolute Gasteiger partial charge is 0.339 e. The second-order valence-corrected chi connectivity index (χ2v) is 8.29. The molecule has 10 heteroatoms. The van der Waals surface area contributed by atoms with Crippen LogP contribution in [0.1, 0.15) is 12.0 Å². The Morgan fingerprint density at radius 2 is 1.57 bits per heavy atom. The molecule has 168 valence electrons. The van der Waals surface area contributed by atoms with Gasteiger partial charge in [0.25, 0.3) is 0 Å². The monoisotopic (exact) mass is 450 g/mol. The van der Waals surface area contributed by atoms with Gasteiger partial charge < -0.3 is 4.90 Å². The maximum atomic E-state index is 14.0. The van der Waals surface area contributed by atoms with E-state index >= 15 is 0 Å². The van der Waals surface area contributed by atoms with Crippen LogP contribution in [0.5, 0.6) is 0 Å². The molecule has 1 aromatic carbocycles. The SMILES string of the molecule is O=C(CN1CCCN(CC(F)(F)F)CC1)N1CCN(Cc2c(F)cccc2Cl)CC1. The molecule has 0 N–H and O–H groups in total. The molecule has 0 atom stereocenters. The summed E-state index contributed by atoms with van der Waals surface area (Å²) in [4.78, 5) is 19.8. The van der Waals surface area contributed by atoms with E-state index < -0.39 is 12.7 Å². The van der Waals surface area contributed by atoms with Crippen LogP contribution >= 0.6 is 11.6 Å². The normalized spacial score (nSPS) is 20.4. The lowest BCUT2D eigenvalue weighted by Gasteiger charge is -2.36. The molecule has 0 saturated carbocycles. The van der Waals surface area contributed by atoms with Gasteiger partial charge in [0.05, 0.1) is 13.1 Å². The Kier molecular flexibility index (Phi) is 7.95. The zero-order valence-corrected chi connectivity index (χ0v) is 17.6. The molecule has 0 unspecified atom stereocenters. The van der Waals surface area contributed by atoms with Crippen molar-refractivity contribution in [3.63, 3.8) is 0 Å². The molecule has 5 nitrogen and oxygen atoms in total. The van der Waals surface area contributed by atoms with Crippen LogP contribution in [0.25, 0.3) is 0 Å². The Balaban J connectivity index is 1.43. The average Bonchev–Trinajstić information content (AvgIpc) is 2.89. The Morgan fingerprint density at radius 1 is 0.933 bits per heavy atom. The van der Waals surface area contributed by atoms with E-state index in [4.69, 9.17) is 11.6 Å². The molecule has 30 heavy (non-hydrogen) atoms. The van der Waals surface area contributed by atoms with Crippen molar-refractivity contribution in [1.82, 2.24) is 19.6 Å². The van der Waals surface area contributed by atoms with Crippen LogP contribution in [0, 0.1) is 5.82 Å². The minimum Gasteiger partial charge on any atom is -0.339 e. The van der Waals surface area contributed by atoms with Gasteiger partial charge in [0.1, 0.15) is 5.82 Å². The summed E-state index contributed by atoms with van der Waals surface area (Å²) in [6, 6.07) is 4.62. The van der Waals surface area contributed by atoms with Crippen LogP contribution in [0.15, 0.2) is 18.2 Å². The molecular formula is C20H27ClF4N4O. The van der Waals surface area contributed by atoms with Crippen molar-refractivity contribution in [3.05, 3.63) is 34.6 Å². The maximum absolute atomic E-state index is 14.0. The molecule has 1 amide bonds. The van der Waals surface area contributed by atoms with E-state index in [0.29, 0.717) is 75.9 Å². The van der Waals surface area contributed by atoms with Gasteiger partial charge in [-0.15, -0.1) is 0 Å². The summed E-state index contributed by atoms with van der Waals surface area (Å²) in [6.45, 7) is 3.81. The van der Waals surface area contributed by atoms with E-state index in [1.165, 1.54) is 11.0 Å². The summed E-state index contributed by atoms with van der Waals surface area (Å²) in [5.74, 6) is -0.343. The van der Waals surface area contributed by atoms with Crippen molar-refractivity contribution < 1.29 is 22.4 Å². The van der Waals surface area contributed by atoms with Crippen LogP contribution in [-0.2, 0) is 11.3 Å². The van der Waals surface area contributed by atoms with E-state index in [2.05, 4.69) is 4.90 Å². The predicted octanol–water partition coefficient (Wildman–Crippen LogP) is 2.69. The number of carbonyl (C=O) groups is 1. The third-order valence-corrected chi connectivity index (χ3v) is 5.97. The summed E-state index contributed by atoms with van der Waals surface area (Å²) in [6.07, 6.45) is -3.59. The molecule has 0 aliphatic carbocycles. The molecule has 2 fully saturated rings. The standard InChI is InChI=1S/C20H27ClF4N4O/c21-17-3-1-4-18(22)16(17)13-27-9-11-29(12-10-27)19(30)14-26-5-2-6-28(8-7-26)15-20(23,24)25/h1,3-4H,2,5-15H2. The summed E-state index contributed by atoms with van der Waals surface area (Å²) in [7, 11) is 0. The fourth-order valence-corrected chi connectivity index (χ4v) is 4.17. The largest absolute Gasteiger partial charge is 0.401 e. The minimum absolute atomic E-state index is 0.0113. The topological polar surface area (TPSA) is 30.0 Å². The second kappa shape index (κ2) is 10.3. The number of halogens is 5. The molecule has 0 radical (unpaired) electrons. The number of hydrogen-bond acceptors (Lipinski definition) is 4. The number of alkyl halides is 3. The summed E-state index contributed by atoms with van der Waals surface area (Å²) in [5, 5.41) is 0.397. The van der Waals surface area contributed by atoms with Gasteiger partial charge >= 0.3 is 6.18 Å². The van der Waals surface area contributed by atoms with Gasteiger partial charge in [-0.1, -0.05) is 17.7 Å². The van der Waals surface area contributed by atoms with E-state index in [0.717, 1.165) is 0 Å². The predicted molar refractivity (Wildman–Crippen MR) is 107 cm³/mol. The van der Waals surface area contributed by atoms with E-state index in [1.54, 1.807) is 17.0 Å². The van der Waals surface area contributed by atoms with Crippen LogP contribution in [0.4, 0.5) is 17.6 Å². The molecular weight excluding hydrogens is 424 g/mol. The van der Waals surface area contributed by atoms with Crippen LogP contribution in [0.2, 0.25) is 5.02 Å². The molecule has 0 spiro atoms. The molecule has 1 aromatic rings. The van der Waals surface area contributed by atoms with Crippen molar-refractivity contribution in [2.24, 2.45) is 0 Å². The molecule has 2 heterocycles. The average molecular weight is 451 g/mol. The quantitative estimate of drug-likeness (QED) is 0.645. The molecule has 2 aliphatic heterocycles. The second-order valence-electron chi connectivity index (χ2n) is 7.88. The lowest BCUT2D eigenvalue weighted by atomic mass is 10.2. The zero-order chi connectivity index (χ0) is 21.7. The number of nitrogens with zero attached hydrogens (tertiary/aromatic N) is 4. The highest BCUT2D eigenvalue weighted by Gasteiger charge is 2.32. The lowest BCUT2D eigenvalue weighted by molar-refractivity contribution is -0.145. The first-order chi connectivity index (χ1) is 14.2. The highest BCUT2D eigenvalue weighted by atomic mass is 35.5. The zero-order valence-electron chi connectivity index (χ0n) is 16.8. The highest BCUT2D eigenvalue weighted by Crippen LogP contribution is 2.21. The number of benzene rings is 1. The maximum Gasteiger partial charge on any atom is 0.401 e. The number of hydrogen-bond donors (Lipinski definition) is 0. The van der Waals surface area contributed by atoms with Crippen molar-refractivity contribution in [2.45, 2.75) is 19.1 Å². The van der Waals surface area contributed by atoms with Crippen molar-refractivity contribution in [1.29, 1.82) is 0 Å². The van der Waals surface area contributed by atoms with Crippen LogP contribution in [0.3, 0.4) is 0 Å². The fraction of sp³-hybridized carbons (Fsp3) is 0.650. The Morgan fingerprint density at radius 3 is 2.23 bits per heavy atom. The molecule has 0 bridgehead atoms. The van der Waals surface area contributed by atoms with Gasteiger partial charge in [0, 0.05) is 56.4 Å². The van der Waals surface area contributed by atoms with Crippen molar-refractivity contribution in [2.75, 3.05) is 65.4 Å². The summed E-state index contributed by atoms with van der Waals surface area (Å²) < 4.78 is 51.7. The molecule has 0 aromatic heterocycles. The highest BCUT2D eigenvalue weighted by molar-refractivity contribution is 6.31. The van der Waals surface area contributed by atoms with Gasteiger partial charge in [0.15, 0.2) is 0 Å². The number of amides is 1. The fourth-order valence-electron chi connectivity index (χ4n) is 3.95. The molecule has 2 saturated heterocycles. The number of carbonyl (C=O) groups excluding carboxylic acids is 1. The first kappa shape index (κ1) is 23.2. The van der Waals surface area contributed by atoms with Gasteiger partial charge in [-0.2, -0.15) is 13.2 Å². The first-order valence-electron chi connectivity index (χ1n) is 10.2. The minimum atomic E-state index is -4.20. The van der Waals surface area contributed by atoms with Crippen LogP contribution < -0.4 is 0 Å². The lowest BCUT2D eigenvalue weighted by Crippen LogP contribution is -2.51. The Bertz CT molecular complexity index is 705. The molecule has 3 rings (SSSR count). The van der Waals surface area contributed by atoms with E-state index in [9.17, 15) is 22.4 Å². The van der Waals surface area contributed by atoms with Gasteiger partial charge in [0.2, 0.25) is 5.91 Å². The molecule has 2 aliphatic rings. The Labute approximate surface area is 179 Å². The van der Waals surface area contributed by atoms with Gasteiger partial charge in [-0.3, -0.25) is 19.5 Å². The first-order valence-corrected chi connectivity index (χ1v) is 10.5. The van der Waals surface area contributed by atoms with Gasteiger partial charge in [-0.05, 0) is 31.6 Å². The van der Waals surface area contributed by atoms with Crippen molar-refractivity contribution in [3.8, 4) is 0 Å². The van der Waals surface area contributed by atoms with Crippen LogP contribution in [-0.4, -0.2) is 97.1 Å². The Hall–Kier alpha value is -1.42. The van der Waals surface area contributed by atoms with E-state index in [-0.39, 0.29) is 18.3 Å². The van der Waals surface area contributed by atoms with E-state index in [1.807, 2.05) is 4.90 Å². The summed E-state index contributed by atoms with van der Waals surface area (Å²) in [5.41, 5.74) is 0.465.